The maximum atomic E-state index is 11.6. The van der Waals surface area contributed by atoms with Crippen LogP contribution < -0.4 is 5.32 Å². The van der Waals surface area contributed by atoms with E-state index in [2.05, 4.69) is 36.7 Å². The number of carbonyl (C=O) groups is 1. The minimum Gasteiger partial charge on any atom is -0.356 e. The SMILES string of the molecule is CCCCNC(=O)Cc1cc(C)n(C)c1C. The molecule has 1 amide bonds. The molecule has 90 valence electrons. The van der Waals surface area contributed by atoms with Gasteiger partial charge in [0.05, 0.1) is 6.42 Å². The molecule has 16 heavy (non-hydrogen) atoms. The number of nitrogens with zero attached hydrogens (tertiary/aromatic N) is 1. The van der Waals surface area contributed by atoms with Gasteiger partial charge in [-0.15, -0.1) is 0 Å². The molecule has 1 aromatic rings. The summed E-state index contributed by atoms with van der Waals surface area (Å²) in [7, 11) is 2.03. The summed E-state index contributed by atoms with van der Waals surface area (Å²) >= 11 is 0. The summed E-state index contributed by atoms with van der Waals surface area (Å²) in [4.78, 5) is 11.6. The lowest BCUT2D eigenvalue weighted by Crippen LogP contribution is -2.26. The van der Waals surface area contributed by atoms with Gasteiger partial charge in [-0.2, -0.15) is 0 Å². The fraction of sp³-hybridized carbons (Fsp3) is 0.615. The van der Waals surface area contributed by atoms with Crippen molar-refractivity contribution in [3.63, 3.8) is 0 Å². The molecule has 0 atom stereocenters. The predicted molar refractivity (Wildman–Crippen MR) is 66.5 cm³/mol. The van der Waals surface area contributed by atoms with Crippen molar-refractivity contribution < 1.29 is 4.79 Å². The zero-order chi connectivity index (χ0) is 12.1. The highest BCUT2D eigenvalue weighted by Crippen LogP contribution is 2.13. The minimum atomic E-state index is 0.127. The highest BCUT2D eigenvalue weighted by molar-refractivity contribution is 5.78. The van der Waals surface area contributed by atoms with Crippen LogP contribution in [0.2, 0.25) is 0 Å². The first-order valence-electron chi connectivity index (χ1n) is 5.94. The maximum absolute atomic E-state index is 11.6. The molecule has 0 saturated carbocycles. The quantitative estimate of drug-likeness (QED) is 0.761. The first-order chi connectivity index (χ1) is 7.56. The van der Waals surface area contributed by atoms with Crippen LogP contribution in [0.25, 0.3) is 0 Å². The number of carbonyl (C=O) groups excluding carboxylic acids is 1. The summed E-state index contributed by atoms with van der Waals surface area (Å²) in [5.41, 5.74) is 3.52. The van der Waals surface area contributed by atoms with E-state index < -0.39 is 0 Å². The number of unbranched alkanes of at least 4 members (excludes halogenated alkanes) is 1. The van der Waals surface area contributed by atoms with E-state index >= 15 is 0 Å². The summed E-state index contributed by atoms with van der Waals surface area (Å²) in [6.45, 7) is 7.03. The van der Waals surface area contributed by atoms with Crippen LogP contribution in [0.3, 0.4) is 0 Å². The number of nitrogens with one attached hydrogen (secondary N) is 1. The van der Waals surface area contributed by atoms with Crippen LogP contribution in [0, 0.1) is 13.8 Å². The molecule has 0 unspecified atom stereocenters. The predicted octanol–water partition coefficient (Wildman–Crippen LogP) is 2.10. The van der Waals surface area contributed by atoms with Gasteiger partial charge in [0, 0.05) is 25.0 Å². The van der Waals surface area contributed by atoms with Gasteiger partial charge in [-0.1, -0.05) is 13.3 Å². The van der Waals surface area contributed by atoms with Crippen LogP contribution in [-0.2, 0) is 18.3 Å². The highest BCUT2D eigenvalue weighted by Gasteiger charge is 2.09. The van der Waals surface area contributed by atoms with Gasteiger partial charge in [0.2, 0.25) is 5.91 Å². The van der Waals surface area contributed by atoms with Crippen molar-refractivity contribution in [1.82, 2.24) is 9.88 Å². The summed E-state index contributed by atoms with van der Waals surface area (Å²) in [6.07, 6.45) is 2.67. The van der Waals surface area contributed by atoms with Gasteiger partial charge < -0.3 is 9.88 Å². The van der Waals surface area contributed by atoms with Crippen molar-refractivity contribution in [2.45, 2.75) is 40.0 Å². The standard InChI is InChI=1S/C13H22N2O/c1-5-6-7-14-13(16)9-12-8-10(2)15(4)11(12)3/h8H,5-7,9H2,1-4H3,(H,14,16). The van der Waals surface area contributed by atoms with Crippen molar-refractivity contribution in [2.75, 3.05) is 6.54 Å². The number of hydrogen-bond acceptors (Lipinski definition) is 1. The van der Waals surface area contributed by atoms with Crippen LogP contribution >= 0.6 is 0 Å². The lowest BCUT2D eigenvalue weighted by Gasteiger charge is -2.04. The Morgan fingerprint density at radius 3 is 2.62 bits per heavy atom. The van der Waals surface area contributed by atoms with Gasteiger partial charge in [-0.25, -0.2) is 0 Å². The fourth-order valence-corrected chi connectivity index (χ4v) is 1.75. The summed E-state index contributed by atoms with van der Waals surface area (Å²) in [5, 5.41) is 2.94. The molecule has 1 aromatic heterocycles. The van der Waals surface area contributed by atoms with Crippen molar-refractivity contribution in [3.8, 4) is 0 Å². The van der Waals surface area contributed by atoms with Gasteiger partial charge in [-0.3, -0.25) is 4.79 Å². The minimum absolute atomic E-state index is 0.127. The Kier molecular flexibility index (Phi) is 4.59. The second-order valence-corrected chi connectivity index (χ2v) is 4.34. The normalized spacial score (nSPS) is 10.5. The Hall–Kier alpha value is -1.25. The van der Waals surface area contributed by atoms with Gasteiger partial charge >= 0.3 is 0 Å². The summed E-state index contributed by atoms with van der Waals surface area (Å²) in [5.74, 6) is 0.127. The molecule has 0 spiro atoms. The summed E-state index contributed by atoms with van der Waals surface area (Å²) in [6, 6.07) is 2.09. The molecule has 1 N–H and O–H groups in total. The van der Waals surface area contributed by atoms with Crippen LogP contribution in [-0.4, -0.2) is 17.0 Å². The average Bonchev–Trinajstić information content (AvgIpc) is 2.47. The van der Waals surface area contributed by atoms with E-state index in [1.807, 2.05) is 7.05 Å². The second kappa shape index (κ2) is 5.73. The first-order valence-corrected chi connectivity index (χ1v) is 5.94. The molecule has 3 heteroatoms. The molecular formula is C13H22N2O. The maximum Gasteiger partial charge on any atom is 0.224 e. The third-order valence-corrected chi connectivity index (χ3v) is 3.08. The Morgan fingerprint density at radius 1 is 1.44 bits per heavy atom. The topological polar surface area (TPSA) is 34.0 Å². The third kappa shape index (κ3) is 3.12. The molecular weight excluding hydrogens is 200 g/mol. The van der Waals surface area contributed by atoms with Crippen molar-refractivity contribution in [3.05, 3.63) is 23.0 Å². The highest BCUT2D eigenvalue weighted by atomic mass is 16.1. The van der Waals surface area contributed by atoms with E-state index in [-0.39, 0.29) is 5.91 Å². The van der Waals surface area contributed by atoms with E-state index in [0.717, 1.165) is 24.9 Å². The molecule has 0 aromatic carbocycles. The van der Waals surface area contributed by atoms with Gasteiger partial charge in [0.25, 0.3) is 0 Å². The van der Waals surface area contributed by atoms with Crippen LogP contribution in [0.4, 0.5) is 0 Å². The lowest BCUT2D eigenvalue weighted by atomic mass is 10.1. The Labute approximate surface area is 97.8 Å². The molecule has 1 rings (SSSR count). The van der Waals surface area contributed by atoms with E-state index in [1.54, 1.807) is 0 Å². The van der Waals surface area contributed by atoms with Crippen LogP contribution in [0.5, 0.6) is 0 Å². The number of hydrogen-bond donors (Lipinski definition) is 1. The molecule has 0 radical (unpaired) electrons. The first kappa shape index (κ1) is 12.8. The average molecular weight is 222 g/mol. The van der Waals surface area contributed by atoms with Crippen LogP contribution in [0.15, 0.2) is 6.07 Å². The van der Waals surface area contributed by atoms with Crippen molar-refractivity contribution >= 4 is 5.91 Å². The Morgan fingerprint density at radius 2 is 2.12 bits per heavy atom. The van der Waals surface area contributed by atoms with E-state index in [4.69, 9.17) is 0 Å². The number of aromatic nitrogens is 1. The number of aryl methyl sites for hydroxylation is 1. The molecule has 1 heterocycles. The molecule has 0 saturated heterocycles. The van der Waals surface area contributed by atoms with E-state index in [1.165, 1.54) is 11.4 Å². The van der Waals surface area contributed by atoms with E-state index in [9.17, 15) is 4.79 Å². The number of rotatable bonds is 5. The zero-order valence-electron chi connectivity index (χ0n) is 10.8. The Balaban J connectivity index is 2.53. The number of amides is 1. The van der Waals surface area contributed by atoms with Crippen molar-refractivity contribution in [2.24, 2.45) is 7.05 Å². The molecule has 0 fully saturated rings. The molecule has 0 aliphatic heterocycles. The van der Waals surface area contributed by atoms with Crippen molar-refractivity contribution in [1.29, 1.82) is 0 Å². The largest absolute Gasteiger partial charge is 0.356 e. The summed E-state index contributed by atoms with van der Waals surface area (Å²) < 4.78 is 2.12. The van der Waals surface area contributed by atoms with Gasteiger partial charge in [-0.05, 0) is 31.9 Å². The van der Waals surface area contributed by atoms with Gasteiger partial charge in [0.15, 0.2) is 0 Å². The monoisotopic (exact) mass is 222 g/mol. The Bertz CT molecular complexity index is 366. The molecule has 0 aliphatic rings. The molecule has 0 aliphatic carbocycles. The fourth-order valence-electron chi connectivity index (χ4n) is 1.75. The molecule has 3 nitrogen and oxygen atoms in total. The van der Waals surface area contributed by atoms with Gasteiger partial charge in [0.1, 0.15) is 0 Å². The van der Waals surface area contributed by atoms with E-state index in [0.29, 0.717) is 6.42 Å². The molecule has 0 bridgehead atoms. The third-order valence-electron chi connectivity index (χ3n) is 3.08. The zero-order valence-corrected chi connectivity index (χ0v) is 10.8. The van der Waals surface area contributed by atoms with Crippen LogP contribution in [0.1, 0.15) is 36.7 Å². The lowest BCUT2D eigenvalue weighted by molar-refractivity contribution is -0.120. The smallest absolute Gasteiger partial charge is 0.224 e. The second-order valence-electron chi connectivity index (χ2n) is 4.34.